The number of halogens is 1. The topological polar surface area (TPSA) is 47.4 Å². The first-order chi connectivity index (χ1) is 9.52. The third-order valence-electron chi connectivity index (χ3n) is 2.80. The van der Waals surface area contributed by atoms with Crippen LogP contribution in [0.2, 0.25) is 0 Å². The Hall–Kier alpha value is -1.18. The van der Waals surface area contributed by atoms with Crippen LogP contribution < -0.4 is 4.74 Å². The zero-order chi connectivity index (χ0) is 14.7. The molecule has 2 heterocycles. The van der Waals surface area contributed by atoms with E-state index in [9.17, 15) is 4.79 Å². The van der Waals surface area contributed by atoms with Crippen molar-refractivity contribution < 1.29 is 9.53 Å². The number of carbonyl (C=O) groups excluding carboxylic acids is 1. The molecule has 2 rings (SSSR count). The van der Waals surface area contributed by atoms with Crippen LogP contribution in [0.15, 0.2) is 22.1 Å². The number of ether oxygens (including phenoxy) is 1. The second-order valence-corrected chi connectivity index (χ2v) is 6.98. The van der Waals surface area contributed by atoms with Crippen LogP contribution in [0.1, 0.15) is 15.4 Å². The van der Waals surface area contributed by atoms with Gasteiger partial charge in [0.2, 0.25) is 5.78 Å². The van der Waals surface area contributed by atoms with Gasteiger partial charge in [0.25, 0.3) is 0 Å². The number of methoxy groups -OCH3 is 1. The van der Waals surface area contributed by atoms with E-state index >= 15 is 0 Å². The summed E-state index contributed by atoms with van der Waals surface area (Å²) in [5.41, 5.74) is 0.503. The third-order valence-corrected chi connectivity index (χ3v) is 4.42. The van der Waals surface area contributed by atoms with E-state index in [4.69, 9.17) is 4.74 Å². The predicted molar refractivity (Wildman–Crippen MR) is 82.8 cm³/mol. The fourth-order valence-electron chi connectivity index (χ4n) is 1.76. The molecule has 0 aliphatic rings. The highest BCUT2D eigenvalue weighted by Gasteiger charge is 2.22. The molecule has 0 aliphatic carbocycles. The molecule has 0 fully saturated rings. The minimum Gasteiger partial charge on any atom is -0.493 e. The van der Waals surface area contributed by atoms with Crippen molar-refractivity contribution >= 4 is 33.0 Å². The standard InChI is InChI=1S/C13H16BrN3O2S/c1-16(2)6-7-17-12(9(19-3)8-15-17)13(18)10-4-5-11(14)20-10/h4-5,8H,6-7H2,1-3H3. The van der Waals surface area contributed by atoms with Crippen LogP contribution in [0.25, 0.3) is 0 Å². The van der Waals surface area contributed by atoms with Gasteiger partial charge in [0.1, 0.15) is 0 Å². The lowest BCUT2D eigenvalue weighted by atomic mass is 10.2. The summed E-state index contributed by atoms with van der Waals surface area (Å²) in [7, 11) is 5.52. The van der Waals surface area contributed by atoms with Gasteiger partial charge in [-0.05, 0) is 42.2 Å². The summed E-state index contributed by atoms with van der Waals surface area (Å²) in [4.78, 5) is 15.3. The Balaban J connectivity index is 2.33. The molecule has 0 aliphatic heterocycles. The molecule has 0 saturated carbocycles. The number of rotatable bonds is 6. The fraction of sp³-hybridized carbons (Fsp3) is 0.385. The lowest BCUT2D eigenvalue weighted by molar-refractivity contribution is 0.102. The third kappa shape index (κ3) is 3.28. The highest BCUT2D eigenvalue weighted by molar-refractivity contribution is 9.11. The summed E-state index contributed by atoms with van der Waals surface area (Å²) in [6, 6.07) is 3.67. The van der Waals surface area contributed by atoms with Crippen LogP contribution in [0.3, 0.4) is 0 Å². The average Bonchev–Trinajstić information content (AvgIpc) is 3.01. The largest absolute Gasteiger partial charge is 0.493 e. The summed E-state index contributed by atoms with van der Waals surface area (Å²) in [6.07, 6.45) is 1.59. The van der Waals surface area contributed by atoms with Crippen LogP contribution in [0.4, 0.5) is 0 Å². The van der Waals surface area contributed by atoms with Crippen LogP contribution >= 0.6 is 27.3 Å². The van der Waals surface area contributed by atoms with E-state index in [0.717, 1.165) is 10.3 Å². The zero-order valence-corrected chi connectivity index (χ0v) is 14.0. The molecule has 0 N–H and O–H groups in total. The first-order valence-electron chi connectivity index (χ1n) is 6.07. The Kier molecular flexibility index (Phi) is 4.95. The Morgan fingerprint density at radius 1 is 1.50 bits per heavy atom. The molecule has 0 amide bonds. The summed E-state index contributed by atoms with van der Waals surface area (Å²) in [5, 5.41) is 4.25. The number of nitrogens with zero attached hydrogens (tertiary/aromatic N) is 3. The van der Waals surface area contributed by atoms with Crippen molar-refractivity contribution in [3.05, 3.63) is 32.7 Å². The molecule has 108 valence electrons. The van der Waals surface area contributed by atoms with Crippen LogP contribution in [0.5, 0.6) is 5.75 Å². The smallest absolute Gasteiger partial charge is 0.224 e. The molecule has 0 spiro atoms. The van der Waals surface area contributed by atoms with E-state index in [-0.39, 0.29) is 5.78 Å². The lowest BCUT2D eigenvalue weighted by Gasteiger charge is -2.11. The SMILES string of the molecule is COc1cnn(CCN(C)C)c1C(=O)c1ccc(Br)s1. The molecule has 2 aromatic rings. The van der Waals surface area contributed by atoms with Gasteiger partial charge in [-0.3, -0.25) is 9.48 Å². The number of hydrogen-bond acceptors (Lipinski definition) is 5. The van der Waals surface area contributed by atoms with Crippen molar-refractivity contribution in [2.75, 3.05) is 27.7 Å². The molecule has 0 atom stereocenters. The van der Waals surface area contributed by atoms with E-state index in [2.05, 4.69) is 21.0 Å². The minimum atomic E-state index is -0.0613. The maximum atomic E-state index is 12.6. The average molecular weight is 358 g/mol. The second kappa shape index (κ2) is 6.51. The summed E-state index contributed by atoms with van der Waals surface area (Å²) >= 11 is 4.78. The van der Waals surface area contributed by atoms with E-state index in [1.807, 2.05) is 25.1 Å². The molecule has 0 radical (unpaired) electrons. The van der Waals surface area contributed by atoms with Crippen LogP contribution in [-0.4, -0.2) is 48.2 Å². The molecule has 0 unspecified atom stereocenters. The first kappa shape index (κ1) is 15.2. The van der Waals surface area contributed by atoms with Gasteiger partial charge >= 0.3 is 0 Å². The molecule has 0 aromatic carbocycles. The molecule has 0 bridgehead atoms. The molecule has 5 nitrogen and oxygen atoms in total. The van der Waals surface area contributed by atoms with E-state index in [1.165, 1.54) is 11.3 Å². The summed E-state index contributed by atoms with van der Waals surface area (Å²) in [5.74, 6) is 0.451. The van der Waals surface area contributed by atoms with Gasteiger partial charge in [-0.15, -0.1) is 11.3 Å². The molecular formula is C13H16BrN3O2S. The number of ketones is 1. The molecule has 20 heavy (non-hydrogen) atoms. The number of thiophene rings is 1. The monoisotopic (exact) mass is 357 g/mol. The van der Waals surface area contributed by atoms with E-state index in [0.29, 0.717) is 22.9 Å². The van der Waals surface area contributed by atoms with Gasteiger partial charge in [0.05, 0.1) is 28.5 Å². The molecular weight excluding hydrogens is 342 g/mol. The van der Waals surface area contributed by atoms with Crippen molar-refractivity contribution in [3.8, 4) is 5.75 Å². The maximum Gasteiger partial charge on any atom is 0.224 e. The highest BCUT2D eigenvalue weighted by Crippen LogP contribution is 2.27. The van der Waals surface area contributed by atoms with Gasteiger partial charge in [-0.2, -0.15) is 5.10 Å². The van der Waals surface area contributed by atoms with Gasteiger partial charge < -0.3 is 9.64 Å². The summed E-state index contributed by atoms with van der Waals surface area (Å²) in [6.45, 7) is 1.45. The molecule has 7 heteroatoms. The number of hydrogen-bond donors (Lipinski definition) is 0. The van der Waals surface area contributed by atoms with Gasteiger partial charge in [0.15, 0.2) is 11.4 Å². The number of carbonyl (C=O) groups is 1. The quantitative estimate of drug-likeness (QED) is 0.745. The Labute approximate surface area is 130 Å². The molecule has 0 saturated heterocycles. The first-order valence-corrected chi connectivity index (χ1v) is 7.68. The predicted octanol–water partition coefficient (Wildman–Crippen LogP) is 2.51. The second-order valence-electron chi connectivity index (χ2n) is 4.52. The Bertz CT molecular complexity index is 607. The molecule has 2 aromatic heterocycles. The number of aromatic nitrogens is 2. The maximum absolute atomic E-state index is 12.6. The van der Waals surface area contributed by atoms with Gasteiger partial charge in [-0.25, -0.2) is 0 Å². The van der Waals surface area contributed by atoms with Crippen molar-refractivity contribution in [2.45, 2.75) is 6.54 Å². The Morgan fingerprint density at radius 3 is 2.80 bits per heavy atom. The van der Waals surface area contributed by atoms with Crippen molar-refractivity contribution in [1.82, 2.24) is 14.7 Å². The van der Waals surface area contributed by atoms with Gasteiger partial charge in [0, 0.05) is 6.54 Å². The van der Waals surface area contributed by atoms with E-state index < -0.39 is 0 Å². The zero-order valence-electron chi connectivity index (χ0n) is 11.6. The fourth-order valence-corrected chi connectivity index (χ4v) is 3.09. The van der Waals surface area contributed by atoms with E-state index in [1.54, 1.807) is 24.1 Å². The number of likely N-dealkylation sites (N-methyl/N-ethyl adjacent to an activating group) is 1. The Morgan fingerprint density at radius 2 is 2.25 bits per heavy atom. The minimum absolute atomic E-state index is 0.0613. The normalized spacial score (nSPS) is 11.1. The van der Waals surface area contributed by atoms with Crippen LogP contribution in [0, 0.1) is 0 Å². The lowest BCUT2D eigenvalue weighted by Crippen LogP contribution is -2.21. The van der Waals surface area contributed by atoms with Gasteiger partial charge in [-0.1, -0.05) is 0 Å². The van der Waals surface area contributed by atoms with Crippen molar-refractivity contribution in [2.24, 2.45) is 0 Å². The van der Waals surface area contributed by atoms with Crippen molar-refractivity contribution in [3.63, 3.8) is 0 Å². The van der Waals surface area contributed by atoms with Crippen molar-refractivity contribution in [1.29, 1.82) is 0 Å². The van der Waals surface area contributed by atoms with Crippen LogP contribution in [-0.2, 0) is 6.54 Å². The summed E-state index contributed by atoms with van der Waals surface area (Å²) < 4.78 is 7.89. The highest BCUT2D eigenvalue weighted by atomic mass is 79.9.